The van der Waals surface area contributed by atoms with Gasteiger partial charge in [-0.25, -0.2) is 0 Å². The van der Waals surface area contributed by atoms with Crippen molar-refractivity contribution < 1.29 is 24.2 Å². The molecule has 2 rings (SSSR count). The molecule has 2 N–H and O–H groups in total. The molecule has 1 aromatic carbocycles. The number of amides is 1. The van der Waals surface area contributed by atoms with Crippen molar-refractivity contribution in [2.75, 3.05) is 13.7 Å². The molecule has 6 heteroatoms. The fourth-order valence-corrected chi connectivity index (χ4v) is 2.95. The Kier molecular flexibility index (Phi) is 6.23. The fourth-order valence-electron chi connectivity index (χ4n) is 2.95. The summed E-state index contributed by atoms with van der Waals surface area (Å²) in [5.41, 5.74) is 1.04. The second-order valence-corrected chi connectivity index (χ2v) is 5.82. The van der Waals surface area contributed by atoms with E-state index in [1.54, 1.807) is 12.1 Å². The highest BCUT2D eigenvalue weighted by Crippen LogP contribution is 2.29. The quantitative estimate of drug-likeness (QED) is 0.712. The number of nitrogens with one attached hydrogen (secondary N) is 1. The van der Waals surface area contributed by atoms with Crippen molar-refractivity contribution >= 4 is 11.9 Å². The third kappa shape index (κ3) is 4.50. The highest BCUT2D eigenvalue weighted by molar-refractivity contribution is 5.79. The fraction of sp³-hybridized carbons (Fsp3) is 0.444. The Morgan fingerprint density at radius 2 is 2.17 bits per heavy atom. The van der Waals surface area contributed by atoms with E-state index in [4.69, 9.17) is 14.6 Å². The maximum atomic E-state index is 12.0. The van der Waals surface area contributed by atoms with Gasteiger partial charge in [0.15, 0.2) is 18.1 Å². The molecule has 0 heterocycles. The van der Waals surface area contributed by atoms with Crippen LogP contribution in [0.3, 0.4) is 0 Å². The Bertz CT molecular complexity index is 613. The Labute approximate surface area is 141 Å². The molecule has 1 aromatic rings. The van der Waals surface area contributed by atoms with Gasteiger partial charge >= 0.3 is 5.97 Å². The summed E-state index contributed by atoms with van der Waals surface area (Å²) in [6.45, 7) is 3.51. The number of ether oxygens (including phenoxy) is 2. The molecule has 0 saturated heterocycles. The summed E-state index contributed by atoms with van der Waals surface area (Å²) in [4.78, 5) is 23.2. The van der Waals surface area contributed by atoms with Crippen LogP contribution in [-0.2, 0) is 16.0 Å². The lowest BCUT2D eigenvalue weighted by Gasteiger charge is -2.18. The summed E-state index contributed by atoms with van der Waals surface area (Å²) >= 11 is 0. The number of hydrogen-bond acceptors (Lipinski definition) is 4. The molecule has 0 spiro atoms. The van der Waals surface area contributed by atoms with Crippen molar-refractivity contribution in [1.29, 1.82) is 0 Å². The van der Waals surface area contributed by atoms with Crippen LogP contribution in [-0.4, -0.2) is 36.7 Å². The first-order chi connectivity index (χ1) is 11.5. The van der Waals surface area contributed by atoms with Gasteiger partial charge in [-0.15, -0.1) is 6.58 Å². The molecular weight excluding hydrogens is 310 g/mol. The number of carbonyl (C=O) groups is 2. The molecule has 0 aliphatic heterocycles. The number of aliphatic carboxylic acids is 1. The summed E-state index contributed by atoms with van der Waals surface area (Å²) in [5, 5.41) is 11.9. The topological polar surface area (TPSA) is 84.9 Å². The zero-order valence-corrected chi connectivity index (χ0v) is 13.8. The average Bonchev–Trinajstić information content (AvgIpc) is 3.02. The van der Waals surface area contributed by atoms with E-state index in [-0.39, 0.29) is 18.6 Å². The first-order valence-electron chi connectivity index (χ1n) is 7.98. The highest BCUT2D eigenvalue weighted by Gasteiger charge is 2.33. The summed E-state index contributed by atoms with van der Waals surface area (Å²) in [6.07, 6.45) is 4.60. The van der Waals surface area contributed by atoms with Gasteiger partial charge in [-0.2, -0.15) is 0 Å². The summed E-state index contributed by atoms with van der Waals surface area (Å²) in [5.74, 6) is -0.682. The van der Waals surface area contributed by atoms with Gasteiger partial charge in [-0.1, -0.05) is 18.6 Å². The van der Waals surface area contributed by atoms with Gasteiger partial charge in [-0.05, 0) is 37.0 Å². The normalized spacial score (nSPS) is 19.5. The van der Waals surface area contributed by atoms with Crippen LogP contribution in [0.2, 0.25) is 0 Å². The van der Waals surface area contributed by atoms with E-state index in [0.717, 1.165) is 18.4 Å². The number of rotatable bonds is 8. The maximum Gasteiger partial charge on any atom is 0.308 e. The molecule has 0 unspecified atom stereocenters. The number of methoxy groups -OCH3 is 1. The molecule has 0 aromatic heterocycles. The molecular formula is C18H23NO5. The minimum absolute atomic E-state index is 0.181. The first kappa shape index (κ1) is 17.8. The van der Waals surface area contributed by atoms with Gasteiger partial charge in [0.05, 0.1) is 13.0 Å². The second kappa shape index (κ2) is 8.38. The van der Waals surface area contributed by atoms with E-state index in [0.29, 0.717) is 24.3 Å². The van der Waals surface area contributed by atoms with E-state index in [1.807, 2.05) is 12.1 Å². The van der Waals surface area contributed by atoms with E-state index < -0.39 is 11.9 Å². The highest BCUT2D eigenvalue weighted by atomic mass is 16.5. The van der Waals surface area contributed by atoms with Crippen molar-refractivity contribution in [3.63, 3.8) is 0 Å². The summed E-state index contributed by atoms with van der Waals surface area (Å²) in [7, 11) is 1.54. The number of benzene rings is 1. The average molecular weight is 333 g/mol. The Hall–Kier alpha value is -2.50. The van der Waals surface area contributed by atoms with Crippen LogP contribution in [0.1, 0.15) is 24.8 Å². The van der Waals surface area contributed by atoms with Crippen LogP contribution in [0.5, 0.6) is 11.5 Å². The molecule has 1 aliphatic rings. The van der Waals surface area contributed by atoms with Crippen LogP contribution in [0.4, 0.5) is 0 Å². The molecule has 1 aliphatic carbocycles. The minimum Gasteiger partial charge on any atom is -0.493 e. The van der Waals surface area contributed by atoms with Crippen molar-refractivity contribution in [2.45, 2.75) is 31.7 Å². The molecule has 1 saturated carbocycles. The Balaban J connectivity index is 1.91. The van der Waals surface area contributed by atoms with Crippen LogP contribution in [0, 0.1) is 5.92 Å². The van der Waals surface area contributed by atoms with Crippen molar-refractivity contribution in [3.8, 4) is 11.5 Å². The summed E-state index contributed by atoms with van der Waals surface area (Å²) in [6, 6.07) is 5.15. The molecule has 0 radical (unpaired) electrons. The molecule has 1 amide bonds. The molecule has 1 fully saturated rings. The lowest BCUT2D eigenvalue weighted by atomic mass is 10.0. The standard InChI is InChI=1S/C18H23NO5/c1-3-5-12-8-9-15(16(10-12)23-2)24-11-17(20)19-14-7-4-6-13(14)18(21)22/h3,8-10,13-14H,1,4-7,11H2,2H3,(H,19,20)(H,21,22)/t13-,14+/m0/s1. The summed E-state index contributed by atoms with van der Waals surface area (Å²) < 4.78 is 10.8. The van der Waals surface area contributed by atoms with Crippen LogP contribution in [0.15, 0.2) is 30.9 Å². The number of carbonyl (C=O) groups excluding carboxylic acids is 1. The molecule has 130 valence electrons. The zero-order valence-electron chi connectivity index (χ0n) is 13.8. The SMILES string of the molecule is C=CCc1ccc(OCC(=O)N[C@@H]2CCC[C@@H]2C(=O)O)c(OC)c1. The Morgan fingerprint density at radius 3 is 2.83 bits per heavy atom. The van der Waals surface area contributed by atoms with Crippen LogP contribution < -0.4 is 14.8 Å². The lowest BCUT2D eigenvalue weighted by Crippen LogP contribution is -2.42. The first-order valence-corrected chi connectivity index (χ1v) is 7.98. The van der Waals surface area contributed by atoms with Gasteiger partial charge in [0.25, 0.3) is 5.91 Å². The lowest BCUT2D eigenvalue weighted by molar-refractivity contribution is -0.142. The van der Waals surface area contributed by atoms with Gasteiger partial charge in [0.2, 0.25) is 0 Å². The van der Waals surface area contributed by atoms with E-state index in [9.17, 15) is 9.59 Å². The van der Waals surface area contributed by atoms with Crippen LogP contribution in [0.25, 0.3) is 0 Å². The van der Waals surface area contributed by atoms with Gasteiger partial charge < -0.3 is 19.9 Å². The molecule has 0 bridgehead atoms. The molecule has 6 nitrogen and oxygen atoms in total. The van der Waals surface area contributed by atoms with Gasteiger partial charge in [-0.3, -0.25) is 9.59 Å². The minimum atomic E-state index is -0.863. The molecule has 24 heavy (non-hydrogen) atoms. The van der Waals surface area contributed by atoms with Gasteiger partial charge in [0.1, 0.15) is 0 Å². The number of allylic oxidation sites excluding steroid dienone is 1. The smallest absolute Gasteiger partial charge is 0.308 e. The molecule has 2 atom stereocenters. The predicted octanol–water partition coefficient (Wildman–Crippen LogP) is 2.17. The van der Waals surface area contributed by atoms with E-state index >= 15 is 0 Å². The van der Waals surface area contributed by atoms with E-state index in [2.05, 4.69) is 11.9 Å². The van der Waals surface area contributed by atoms with Crippen molar-refractivity contribution in [3.05, 3.63) is 36.4 Å². The largest absolute Gasteiger partial charge is 0.493 e. The number of hydrogen-bond donors (Lipinski definition) is 2. The van der Waals surface area contributed by atoms with Crippen molar-refractivity contribution in [1.82, 2.24) is 5.32 Å². The number of carboxylic acids is 1. The monoisotopic (exact) mass is 333 g/mol. The van der Waals surface area contributed by atoms with Crippen molar-refractivity contribution in [2.24, 2.45) is 5.92 Å². The zero-order chi connectivity index (χ0) is 17.5. The second-order valence-electron chi connectivity index (χ2n) is 5.82. The third-order valence-electron chi connectivity index (χ3n) is 4.15. The number of carboxylic acid groups (broad SMARTS) is 1. The maximum absolute atomic E-state index is 12.0. The Morgan fingerprint density at radius 1 is 1.38 bits per heavy atom. The van der Waals surface area contributed by atoms with Crippen LogP contribution >= 0.6 is 0 Å². The van der Waals surface area contributed by atoms with Gasteiger partial charge in [0, 0.05) is 6.04 Å². The van der Waals surface area contributed by atoms with E-state index in [1.165, 1.54) is 7.11 Å². The third-order valence-corrected chi connectivity index (χ3v) is 4.15. The predicted molar refractivity (Wildman–Crippen MR) is 89.3 cm³/mol.